The summed E-state index contributed by atoms with van der Waals surface area (Å²) in [5.41, 5.74) is 0.822. The SMILES string of the molecule is CCOC(=O)/C=C/c1ccc(OCCO[Si](C)(C)C(C)(C)C)c(OCCO[Si](C)(C)C(C)(C)C)c1. The third-order valence-corrected chi connectivity index (χ3v) is 16.0. The zero-order chi connectivity index (χ0) is 26.9. The molecule has 1 aromatic rings. The monoisotopic (exact) mass is 524 g/mol. The smallest absolute Gasteiger partial charge is 0.330 e. The van der Waals surface area contributed by atoms with E-state index in [1.165, 1.54) is 6.08 Å². The maximum absolute atomic E-state index is 11.7. The molecule has 0 aromatic heterocycles. The minimum absolute atomic E-state index is 0.142. The second kappa shape index (κ2) is 13.1. The van der Waals surface area contributed by atoms with E-state index in [1.807, 2.05) is 18.2 Å². The van der Waals surface area contributed by atoms with E-state index in [2.05, 4.69) is 67.7 Å². The van der Waals surface area contributed by atoms with Crippen molar-refractivity contribution in [2.75, 3.05) is 33.0 Å². The lowest BCUT2D eigenvalue weighted by Crippen LogP contribution is -2.41. The van der Waals surface area contributed by atoms with Gasteiger partial charge in [-0.15, -0.1) is 0 Å². The first-order valence-corrected chi connectivity index (χ1v) is 18.3. The van der Waals surface area contributed by atoms with Crippen molar-refractivity contribution in [1.82, 2.24) is 0 Å². The highest BCUT2D eigenvalue weighted by atomic mass is 28.4. The fourth-order valence-electron chi connectivity index (χ4n) is 2.54. The standard InChI is InChI=1S/C27H48O6Si2/c1-12-29-25(28)16-14-22-13-15-23(30-17-19-32-34(8,9)26(2,3)4)24(21-22)31-18-20-33-35(10,11)27(5,6)7/h13-16,21H,12,17-20H2,1-11H3/b16-14+. The van der Waals surface area contributed by atoms with Gasteiger partial charge >= 0.3 is 5.97 Å². The molecule has 6 nitrogen and oxygen atoms in total. The van der Waals surface area contributed by atoms with Crippen LogP contribution in [0.4, 0.5) is 0 Å². The molecular weight excluding hydrogens is 476 g/mol. The summed E-state index contributed by atoms with van der Waals surface area (Å²) in [4.78, 5) is 11.7. The summed E-state index contributed by atoms with van der Waals surface area (Å²) in [6.45, 7) is 26.2. The van der Waals surface area contributed by atoms with Crippen molar-refractivity contribution in [2.45, 2.75) is 84.7 Å². The van der Waals surface area contributed by atoms with Gasteiger partial charge in [0.05, 0.1) is 19.8 Å². The number of rotatable bonds is 13. The molecular formula is C27H48O6Si2. The highest BCUT2D eigenvalue weighted by molar-refractivity contribution is 6.74. The van der Waals surface area contributed by atoms with Crippen LogP contribution in [0.15, 0.2) is 24.3 Å². The normalized spacial score (nSPS) is 13.2. The molecule has 0 spiro atoms. The summed E-state index contributed by atoms with van der Waals surface area (Å²) in [5, 5.41) is 0.293. The third-order valence-electron chi connectivity index (χ3n) is 6.89. The van der Waals surface area contributed by atoms with Gasteiger partial charge in [-0.25, -0.2) is 4.79 Å². The number of ether oxygens (including phenoxy) is 3. The predicted octanol–water partition coefficient (Wildman–Crippen LogP) is 7.06. The minimum atomic E-state index is -1.85. The van der Waals surface area contributed by atoms with Crippen LogP contribution < -0.4 is 9.47 Å². The second-order valence-electron chi connectivity index (χ2n) is 11.7. The van der Waals surface area contributed by atoms with Gasteiger partial charge in [0.1, 0.15) is 13.2 Å². The van der Waals surface area contributed by atoms with Gasteiger partial charge in [0.15, 0.2) is 28.1 Å². The molecule has 0 aliphatic rings. The van der Waals surface area contributed by atoms with Gasteiger partial charge in [0, 0.05) is 6.08 Å². The number of esters is 1. The summed E-state index contributed by atoms with van der Waals surface area (Å²) in [5.74, 6) is 0.882. The maximum atomic E-state index is 11.7. The Kier molecular flexibility index (Phi) is 11.7. The average Bonchev–Trinajstić information content (AvgIpc) is 2.72. The molecule has 0 radical (unpaired) electrons. The second-order valence-corrected chi connectivity index (χ2v) is 21.3. The molecule has 0 atom stereocenters. The van der Waals surface area contributed by atoms with Crippen LogP contribution in [0.5, 0.6) is 11.5 Å². The molecule has 35 heavy (non-hydrogen) atoms. The Morgan fingerprint density at radius 1 is 0.800 bits per heavy atom. The lowest BCUT2D eigenvalue weighted by molar-refractivity contribution is -0.137. The fraction of sp³-hybridized carbons (Fsp3) is 0.667. The van der Waals surface area contributed by atoms with Crippen LogP contribution >= 0.6 is 0 Å². The quantitative estimate of drug-likeness (QED) is 0.119. The van der Waals surface area contributed by atoms with Gasteiger partial charge in [0.2, 0.25) is 0 Å². The van der Waals surface area contributed by atoms with Gasteiger partial charge in [-0.05, 0) is 67.0 Å². The lowest BCUT2D eigenvalue weighted by Gasteiger charge is -2.36. The van der Waals surface area contributed by atoms with Crippen molar-refractivity contribution in [2.24, 2.45) is 0 Å². The van der Waals surface area contributed by atoms with E-state index >= 15 is 0 Å². The Hall–Kier alpha value is -1.62. The van der Waals surface area contributed by atoms with E-state index in [0.717, 1.165) is 5.56 Å². The lowest BCUT2D eigenvalue weighted by atomic mass is 10.2. The molecule has 0 aliphatic carbocycles. The van der Waals surface area contributed by atoms with E-state index < -0.39 is 16.6 Å². The van der Waals surface area contributed by atoms with Gasteiger partial charge in [0.25, 0.3) is 0 Å². The molecule has 0 saturated heterocycles. The molecule has 0 fully saturated rings. The van der Waals surface area contributed by atoms with Crippen LogP contribution in [0.25, 0.3) is 6.08 Å². The van der Waals surface area contributed by atoms with Gasteiger partial charge in [-0.3, -0.25) is 0 Å². The predicted molar refractivity (Wildman–Crippen MR) is 149 cm³/mol. The molecule has 1 aromatic carbocycles. The fourth-order valence-corrected chi connectivity index (χ4v) is 4.60. The largest absolute Gasteiger partial charge is 0.487 e. The molecule has 0 amide bonds. The molecule has 1 rings (SSSR count). The van der Waals surface area contributed by atoms with Crippen LogP contribution in [0.3, 0.4) is 0 Å². The topological polar surface area (TPSA) is 63.2 Å². The first-order valence-electron chi connectivity index (χ1n) is 12.5. The zero-order valence-electron chi connectivity index (χ0n) is 23.9. The molecule has 0 unspecified atom stereocenters. The molecule has 8 heteroatoms. The number of hydrogen-bond acceptors (Lipinski definition) is 6. The van der Waals surface area contributed by atoms with E-state index in [4.69, 9.17) is 23.1 Å². The first kappa shape index (κ1) is 31.4. The Bertz CT molecular complexity index is 835. The zero-order valence-corrected chi connectivity index (χ0v) is 25.9. The average molecular weight is 525 g/mol. The highest BCUT2D eigenvalue weighted by Gasteiger charge is 2.37. The van der Waals surface area contributed by atoms with Gasteiger partial charge < -0.3 is 23.1 Å². The first-order chi connectivity index (χ1) is 16.0. The van der Waals surface area contributed by atoms with E-state index in [0.29, 0.717) is 44.5 Å². The maximum Gasteiger partial charge on any atom is 0.330 e. The van der Waals surface area contributed by atoms with Crippen LogP contribution in [0.2, 0.25) is 36.3 Å². The van der Waals surface area contributed by atoms with Crippen molar-refractivity contribution in [1.29, 1.82) is 0 Å². The van der Waals surface area contributed by atoms with Crippen LogP contribution in [0.1, 0.15) is 54.0 Å². The van der Waals surface area contributed by atoms with Crippen LogP contribution in [-0.4, -0.2) is 55.6 Å². The molecule has 0 bridgehead atoms. The van der Waals surface area contributed by atoms with E-state index in [9.17, 15) is 4.79 Å². The minimum Gasteiger partial charge on any atom is -0.487 e. The summed E-state index contributed by atoms with van der Waals surface area (Å²) in [6, 6.07) is 5.62. The van der Waals surface area contributed by atoms with Crippen LogP contribution in [0, 0.1) is 0 Å². The van der Waals surface area contributed by atoms with Crippen molar-refractivity contribution in [3.8, 4) is 11.5 Å². The number of benzene rings is 1. The Morgan fingerprint density at radius 2 is 1.29 bits per heavy atom. The summed E-state index contributed by atoms with van der Waals surface area (Å²) >= 11 is 0. The Morgan fingerprint density at radius 3 is 1.74 bits per heavy atom. The van der Waals surface area contributed by atoms with Crippen molar-refractivity contribution in [3.05, 3.63) is 29.8 Å². The summed E-state index contributed by atoms with van der Waals surface area (Å²) in [7, 11) is -3.68. The van der Waals surface area contributed by atoms with Crippen LogP contribution in [-0.2, 0) is 18.4 Å². The molecule has 0 heterocycles. The number of carbonyl (C=O) groups is 1. The van der Waals surface area contributed by atoms with Crippen molar-refractivity contribution >= 4 is 28.7 Å². The van der Waals surface area contributed by atoms with Gasteiger partial charge in [-0.1, -0.05) is 47.6 Å². The Balaban J connectivity index is 2.88. The molecule has 0 N–H and O–H groups in total. The molecule has 200 valence electrons. The number of carbonyl (C=O) groups excluding carboxylic acids is 1. The van der Waals surface area contributed by atoms with Gasteiger partial charge in [-0.2, -0.15) is 0 Å². The summed E-state index contributed by atoms with van der Waals surface area (Å²) < 4.78 is 29.6. The third kappa shape index (κ3) is 10.5. The van der Waals surface area contributed by atoms with Crippen molar-refractivity contribution in [3.63, 3.8) is 0 Å². The Labute approximate surface area is 215 Å². The van der Waals surface area contributed by atoms with Crippen molar-refractivity contribution < 1.29 is 27.9 Å². The van der Waals surface area contributed by atoms with E-state index in [1.54, 1.807) is 13.0 Å². The molecule has 0 aliphatic heterocycles. The van der Waals surface area contributed by atoms with E-state index in [-0.39, 0.29) is 16.0 Å². The number of hydrogen-bond donors (Lipinski definition) is 0. The molecule has 0 saturated carbocycles. The highest BCUT2D eigenvalue weighted by Crippen LogP contribution is 2.37. The summed E-state index contributed by atoms with van der Waals surface area (Å²) in [6.07, 6.45) is 3.12.